The Balaban J connectivity index is 2.23. The molecular weight excluding hydrogens is 451 g/mol. The van der Waals surface area contributed by atoms with Crippen LogP contribution in [-0.4, -0.2) is 29.7 Å². The lowest BCUT2D eigenvalue weighted by atomic mass is 10.2. The zero-order valence-corrected chi connectivity index (χ0v) is 17.0. The summed E-state index contributed by atoms with van der Waals surface area (Å²) >= 11 is 2.05. The monoisotopic (exact) mass is 472 g/mol. The number of carbonyl (C=O) groups is 1. The first-order chi connectivity index (χ1) is 12.0. The van der Waals surface area contributed by atoms with Gasteiger partial charge in [0.05, 0.1) is 9.45 Å². The van der Waals surface area contributed by atoms with E-state index in [0.717, 1.165) is 12.8 Å². The van der Waals surface area contributed by atoms with Crippen LogP contribution < -0.4 is 5.32 Å². The van der Waals surface area contributed by atoms with Crippen LogP contribution in [0.3, 0.4) is 0 Å². The number of para-hydroxylation sites is 1. The zero-order chi connectivity index (χ0) is 18.3. The van der Waals surface area contributed by atoms with Gasteiger partial charge >= 0.3 is 0 Å². The maximum absolute atomic E-state index is 12.8. The molecule has 0 heterocycles. The summed E-state index contributed by atoms with van der Waals surface area (Å²) in [4.78, 5) is 12.5. The highest BCUT2D eigenvalue weighted by Crippen LogP contribution is 2.19. The minimum Gasteiger partial charge on any atom is -0.322 e. The summed E-state index contributed by atoms with van der Waals surface area (Å²) in [7, 11) is -3.61. The third-order valence-electron chi connectivity index (χ3n) is 3.66. The van der Waals surface area contributed by atoms with Crippen LogP contribution in [0.5, 0.6) is 0 Å². The van der Waals surface area contributed by atoms with Crippen molar-refractivity contribution in [1.29, 1.82) is 0 Å². The number of rotatable bonds is 8. The molecule has 25 heavy (non-hydrogen) atoms. The number of benzene rings is 2. The molecule has 0 saturated carbocycles. The van der Waals surface area contributed by atoms with E-state index in [1.807, 2.05) is 47.7 Å². The Morgan fingerprint density at radius 2 is 1.84 bits per heavy atom. The molecule has 0 unspecified atom stereocenters. The van der Waals surface area contributed by atoms with E-state index in [0.29, 0.717) is 22.3 Å². The molecule has 2 rings (SSSR count). The number of sulfonamides is 1. The Labute approximate surface area is 162 Å². The van der Waals surface area contributed by atoms with Crippen molar-refractivity contribution in [2.45, 2.75) is 24.7 Å². The Morgan fingerprint density at radius 3 is 2.48 bits per heavy atom. The number of anilines is 1. The molecule has 5 nitrogen and oxygen atoms in total. The van der Waals surface area contributed by atoms with E-state index < -0.39 is 10.0 Å². The summed E-state index contributed by atoms with van der Waals surface area (Å²) in [5.74, 6) is -0.335. The highest BCUT2D eigenvalue weighted by Gasteiger charge is 2.24. The van der Waals surface area contributed by atoms with Gasteiger partial charge in [0.1, 0.15) is 0 Å². The van der Waals surface area contributed by atoms with Crippen molar-refractivity contribution in [3.05, 3.63) is 60.2 Å². The second kappa shape index (κ2) is 9.30. The summed E-state index contributed by atoms with van der Waals surface area (Å²) in [6.07, 6.45) is 1.72. The summed E-state index contributed by atoms with van der Waals surface area (Å²) in [6.45, 7) is 2.49. The molecule has 134 valence electrons. The van der Waals surface area contributed by atoms with E-state index in [2.05, 4.69) is 5.32 Å². The van der Waals surface area contributed by atoms with E-state index in [9.17, 15) is 13.2 Å². The number of hydrogen-bond donors (Lipinski definition) is 1. The van der Waals surface area contributed by atoms with Crippen LogP contribution in [0.2, 0.25) is 0 Å². The lowest BCUT2D eigenvalue weighted by Gasteiger charge is -2.19. The molecule has 0 radical (unpaired) electrons. The van der Waals surface area contributed by atoms with Crippen LogP contribution in [0.1, 0.15) is 30.1 Å². The average molecular weight is 472 g/mol. The number of unbranched alkanes of at least 4 members (excludes halogenated alkanes) is 1. The smallest absolute Gasteiger partial charge is 0.255 e. The number of halogens is 1. The second-order valence-corrected chi connectivity index (χ2v) is 8.12. The SMILES string of the molecule is CCCCN(CI)S(=O)(=O)c1cccc(C(=O)Nc2ccccc2)c1. The molecule has 2 aromatic rings. The number of alkyl halides is 1. The first-order valence-electron chi connectivity index (χ1n) is 8.01. The fraction of sp³-hybridized carbons (Fsp3) is 0.278. The molecule has 7 heteroatoms. The van der Waals surface area contributed by atoms with Crippen LogP contribution >= 0.6 is 22.6 Å². The van der Waals surface area contributed by atoms with Gasteiger partial charge in [-0.1, -0.05) is 60.2 Å². The lowest BCUT2D eigenvalue weighted by molar-refractivity contribution is 0.102. The van der Waals surface area contributed by atoms with Gasteiger partial charge in [0.2, 0.25) is 10.0 Å². The molecule has 1 amide bonds. The Hall–Kier alpha value is -1.45. The Bertz CT molecular complexity index is 810. The normalized spacial score (nSPS) is 11.5. The molecule has 0 aliphatic heterocycles. The van der Waals surface area contributed by atoms with Crippen LogP contribution in [0.25, 0.3) is 0 Å². The molecule has 0 saturated heterocycles. The molecule has 2 aromatic carbocycles. The Morgan fingerprint density at radius 1 is 1.12 bits per heavy atom. The average Bonchev–Trinajstić information content (AvgIpc) is 2.63. The van der Waals surface area contributed by atoms with Gasteiger partial charge in [-0.25, -0.2) is 8.42 Å². The van der Waals surface area contributed by atoms with Gasteiger partial charge < -0.3 is 5.32 Å². The molecule has 0 aliphatic rings. The maximum Gasteiger partial charge on any atom is 0.255 e. The van der Waals surface area contributed by atoms with Gasteiger partial charge in [-0.2, -0.15) is 4.31 Å². The number of carbonyl (C=O) groups excluding carboxylic acids is 1. The minimum atomic E-state index is -3.61. The summed E-state index contributed by atoms with van der Waals surface area (Å²) in [6, 6.07) is 15.2. The summed E-state index contributed by atoms with van der Waals surface area (Å²) < 4.78 is 27.4. The van der Waals surface area contributed by atoms with Crippen LogP contribution in [-0.2, 0) is 10.0 Å². The first-order valence-corrected chi connectivity index (χ1v) is 11.0. The van der Waals surface area contributed by atoms with Crippen molar-refractivity contribution in [2.24, 2.45) is 0 Å². The molecule has 0 fully saturated rings. The highest BCUT2D eigenvalue weighted by molar-refractivity contribution is 14.1. The number of nitrogens with one attached hydrogen (secondary N) is 1. The van der Waals surface area contributed by atoms with Crippen molar-refractivity contribution in [1.82, 2.24) is 4.31 Å². The third kappa shape index (κ3) is 5.26. The Kier molecular flexibility index (Phi) is 7.39. The van der Waals surface area contributed by atoms with Crippen molar-refractivity contribution in [3.8, 4) is 0 Å². The standard InChI is InChI=1S/C18H21IN2O3S/c1-2-3-12-21(14-19)25(23,24)17-11-7-8-15(13-17)18(22)20-16-9-5-4-6-10-16/h4-11,13H,2-3,12,14H2,1H3,(H,20,22). The fourth-order valence-electron chi connectivity index (χ4n) is 2.25. The lowest BCUT2D eigenvalue weighted by Crippen LogP contribution is -2.31. The quantitative estimate of drug-likeness (QED) is 0.357. The molecule has 1 N–H and O–H groups in total. The van der Waals surface area contributed by atoms with Gasteiger partial charge in [-0.15, -0.1) is 0 Å². The number of nitrogens with zero attached hydrogens (tertiary/aromatic N) is 1. The first kappa shape index (κ1) is 19.9. The van der Waals surface area contributed by atoms with Gasteiger partial charge in [0, 0.05) is 17.8 Å². The molecule has 0 atom stereocenters. The zero-order valence-electron chi connectivity index (χ0n) is 14.0. The fourth-order valence-corrected chi connectivity index (χ4v) is 5.01. The summed E-state index contributed by atoms with van der Waals surface area (Å²) in [5, 5.41) is 2.77. The predicted molar refractivity (Wildman–Crippen MR) is 109 cm³/mol. The van der Waals surface area contributed by atoms with Crippen molar-refractivity contribution in [2.75, 3.05) is 16.4 Å². The molecule has 0 aromatic heterocycles. The van der Waals surface area contributed by atoms with E-state index in [4.69, 9.17) is 0 Å². The van der Waals surface area contributed by atoms with Crippen LogP contribution in [0.4, 0.5) is 5.69 Å². The topological polar surface area (TPSA) is 66.5 Å². The van der Waals surface area contributed by atoms with Gasteiger partial charge in [0.15, 0.2) is 0 Å². The largest absolute Gasteiger partial charge is 0.322 e. The van der Waals surface area contributed by atoms with E-state index in [-0.39, 0.29) is 10.8 Å². The number of amides is 1. The van der Waals surface area contributed by atoms with Crippen LogP contribution in [0, 0.1) is 0 Å². The predicted octanol–water partition coefficient (Wildman–Crippen LogP) is 4.12. The van der Waals surface area contributed by atoms with E-state index in [1.165, 1.54) is 16.4 Å². The van der Waals surface area contributed by atoms with Gasteiger partial charge in [-0.05, 0) is 36.8 Å². The van der Waals surface area contributed by atoms with Crippen LogP contribution in [0.15, 0.2) is 59.5 Å². The molecule has 0 bridgehead atoms. The van der Waals surface area contributed by atoms with Crippen molar-refractivity contribution < 1.29 is 13.2 Å². The highest BCUT2D eigenvalue weighted by atomic mass is 127. The molecule has 0 aliphatic carbocycles. The second-order valence-electron chi connectivity index (χ2n) is 5.50. The molecule has 0 spiro atoms. The van der Waals surface area contributed by atoms with Crippen molar-refractivity contribution >= 4 is 44.2 Å². The van der Waals surface area contributed by atoms with Gasteiger partial charge in [-0.3, -0.25) is 4.79 Å². The summed E-state index contributed by atoms with van der Waals surface area (Å²) in [5.41, 5.74) is 0.978. The van der Waals surface area contributed by atoms with Gasteiger partial charge in [0.25, 0.3) is 5.91 Å². The van der Waals surface area contributed by atoms with Crippen molar-refractivity contribution in [3.63, 3.8) is 0 Å². The third-order valence-corrected chi connectivity index (χ3v) is 6.79. The molecular formula is C18H21IN2O3S. The number of hydrogen-bond acceptors (Lipinski definition) is 3. The van der Waals surface area contributed by atoms with E-state index >= 15 is 0 Å². The minimum absolute atomic E-state index is 0.140. The van der Waals surface area contributed by atoms with E-state index in [1.54, 1.807) is 24.3 Å². The maximum atomic E-state index is 12.8.